The lowest BCUT2D eigenvalue weighted by Gasteiger charge is -2.15. The predicted octanol–water partition coefficient (Wildman–Crippen LogP) is 1.70. The van der Waals surface area contributed by atoms with Crippen molar-refractivity contribution in [2.45, 2.75) is 39.2 Å². The Labute approximate surface area is 129 Å². The summed E-state index contributed by atoms with van der Waals surface area (Å²) < 4.78 is 5.35. The van der Waals surface area contributed by atoms with Crippen molar-refractivity contribution < 1.29 is 14.3 Å². The average Bonchev–Trinajstić information content (AvgIpc) is 2.53. The lowest BCUT2D eigenvalue weighted by molar-refractivity contribution is -0.121. The molecule has 1 heterocycles. The highest BCUT2D eigenvalue weighted by Crippen LogP contribution is 2.27. The van der Waals surface area contributed by atoms with Crippen LogP contribution < -0.4 is 15.5 Å². The first-order valence-corrected chi connectivity index (χ1v) is 7.31. The van der Waals surface area contributed by atoms with Crippen LogP contribution in [0, 0.1) is 0 Å². The number of hydrogen-bond donors (Lipinski definition) is 2. The SMILES string of the molecule is COc1ccc(CNC(=O)C2=NNC(=O)CC2)cc1C(C)C. The van der Waals surface area contributed by atoms with Crippen LogP contribution in [0.15, 0.2) is 23.3 Å². The molecule has 0 aliphatic carbocycles. The number of carbonyl (C=O) groups is 2. The van der Waals surface area contributed by atoms with Gasteiger partial charge in [0, 0.05) is 19.4 Å². The monoisotopic (exact) mass is 303 g/mol. The summed E-state index contributed by atoms with van der Waals surface area (Å²) in [6.45, 7) is 4.61. The summed E-state index contributed by atoms with van der Waals surface area (Å²) in [5, 5.41) is 6.61. The lowest BCUT2D eigenvalue weighted by Crippen LogP contribution is -2.36. The molecule has 0 spiro atoms. The van der Waals surface area contributed by atoms with Crippen LogP contribution in [0.3, 0.4) is 0 Å². The zero-order valence-electron chi connectivity index (χ0n) is 13.1. The number of nitrogens with one attached hydrogen (secondary N) is 2. The van der Waals surface area contributed by atoms with Crippen molar-refractivity contribution in [3.63, 3.8) is 0 Å². The Bertz CT molecular complexity index is 609. The molecule has 0 aromatic heterocycles. The molecule has 2 rings (SSSR count). The van der Waals surface area contributed by atoms with Crippen molar-refractivity contribution >= 4 is 17.5 Å². The van der Waals surface area contributed by atoms with E-state index in [9.17, 15) is 9.59 Å². The first kappa shape index (κ1) is 16.0. The van der Waals surface area contributed by atoms with E-state index in [4.69, 9.17) is 4.74 Å². The summed E-state index contributed by atoms with van der Waals surface area (Å²) in [5.74, 6) is 0.781. The number of benzene rings is 1. The number of hydrazone groups is 1. The van der Waals surface area contributed by atoms with Gasteiger partial charge in [-0.05, 0) is 23.1 Å². The van der Waals surface area contributed by atoms with Crippen LogP contribution in [0.5, 0.6) is 5.75 Å². The molecule has 2 amide bonds. The van der Waals surface area contributed by atoms with E-state index in [-0.39, 0.29) is 11.8 Å². The Morgan fingerprint density at radius 2 is 2.18 bits per heavy atom. The zero-order valence-corrected chi connectivity index (χ0v) is 13.1. The summed E-state index contributed by atoms with van der Waals surface area (Å²) in [6.07, 6.45) is 0.670. The topological polar surface area (TPSA) is 79.8 Å². The third kappa shape index (κ3) is 3.84. The first-order chi connectivity index (χ1) is 10.5. The van der Waals surface area contributed by atoms with Gasteiger partial charge in [0.1, 0.15) is 11.5 Å². The number of nitrogens with zero attached hydrogens (tertiary/aromatic N) is 1. The quantitative estimate of drug-likeness (QED) is 0.869. The second-order valence-corrected chi connectivity index (χ2v) is 5.51. The number of methoxy groups -OCH3 is 1. The third-order valence-corrected chi connectivity index (χ3v) is 3.54. The Hall–Kier alpha value is -2.37. The Kier molecular flexibility index (Phi) is 5.14. The summed E-state index contributed by atoms with van der Waals surface area (Å²) in [5.41, 5.74) is 4.79. The molecular formula is C16H21N3O3. The van der Waals surface area contributed by atoms with E-state index in [1.54, 1.807) is 7.11 Å². The number of ether oxygens (including phenoxy) is 1. The van der Waals surface area contributed by atoms with Crippen LogP contribution in [0.1, 0.15) is 43.7 Å². The van der Waals surface area contributed by atoms with Crippen molar-refractivity contribution in [2.75, 3.05) is 7.11 Å². The number of rotatable bonds is 5. The molecule has 0 saturated heterocycles. The smallest absolute Gasteiger partial charge is 0.267 e. The van der Waals surface area contributed by atoms with E-state index < -0.39 is 0 Å². The summed E-state index contributed by atoms with van der Waals surface area (Å²) >= 11 is 0. The van der Waals surface area contributed by atoms with Crippen LogP contribution in [0.2, 0.25) is 0 Å². The molecule has 0 radical (unpaired) electrons. The van der Waals surface area contributed by atoms with E-state index in [1.165, 1.54) is 0 Å². The maximum Gasteiger partial charge on any atom is 0.267 e. The van der Waals surface area contributed by atoms with Gasteiger partial charge in [0.2, 0.25) is 5.91 Å². The van der Waals surface area contributed by atoms with Gasteiger partial charge in [-0.25, -0.2) is 5.43 Å². The second-order valence-electron chi connectivity index (χ2n) is 5.51. The molecule has 22 heavy (non-hydrogen) atoms. The zero-order chi connectivity index (χ0) is 16.1. The standard InChI is InChI=1S/C16H21N3O3/c1-10(2)12-8-11(4-6-14(12)22-3)9-17-16(21)13-5-7-15(20)19-18-13/h4,6,8,10H,5,7,9H2,1-3H3,(H,17,21)(H,19,20). The normalized spacial score (nSPS) is 14.4. The summed E-state index contributed by atoms with van der Waals surface area (Å²) in [7, 11) is 1.65. The molecular weight excluding hydrogens is 282 g/mol. The maximum atomic E-state index is 12.0. The van der Waals surface area contributed by atoms with E-state index >= 15 is 0 Å². The van der Waals surface area contributed by atoms with Gasteiger partial charge >= 0.3 is 0 Å². The molecule has 1 aromatic rings. The minimum atomic E-state index is -0.248. The number of amides is 2. The molecule has 6 nitrogen and oxygen atoms in total. The Morgan fingerprint density at radius 1 is 1.41 bits per heavy atom. The number of hydrogen-bond acceptors (Lipinski definition) is 4. The van der Waals surface area contributed by atoms with Gasteiger partial charge in [0.15, 0.2) is 0 Å². The lowest BCUT2D eigenvalue weighted by atomic mass is 9.99. The highest BCUT2D eigenvalue weighted by Gasteiger charge is 2.18. The maximum absolute atomic E-state index is 12.0. The molecule has 1 aliphatic rings. The van der Waals surface area contributed by atoms with Gasteiger partial charge in [0.25, 0.3) is 5.91 Å². The minimum Gasteiger partial charge on any atom is -0.496 e. The molecule has 0 atom stereocenters. The van der Waals surface area contributed by atoms with Crippen molar-refractivity contribution in [2.24, 2.45) is 5.10 Å². The number of carbonyl (C=O) groups excluding carboxylic acids is 2. The first-order valence-electron chi connectivity index (χ1n) is 7.31. The van der Waals surface area contributed by atoms with Crippen LogP contribution in [0.25, 0.3) is 0 Å². The van der Waals surface area contributed by atoms with Crippen LogP contribution in [0.4, 0.5) is 0 Å². The molecule has 1 aliphatic heterocycles. The van der Waals surface area contributed by atoms with E-state index in [2.05, 4.69) is 29.7 Å². The fraction of sp³-hybridized carbons (Fsp3) is 0.438. The van der Waals surface area contributed by atoms with Gasteiger partial charge in [-0.3, -0.25) is 9.59 Å². The van der Waals surface area contributed by atoms with Gasteiger partial charge in [-0.15, -0.1) is 0 Å². The second kappa shape index (κ2) is 7.06. The van der Waals surface area contributed by atoms with Gasteiger partial charge in [-0.1, -0.05) is 26.0 Å². The van der Waals surface area contributed by atoms with Crippen molar-refractivity contribution in [3.05, 3.63) is 29.3 Å². The predicted molar refractivity (Wildman–Crippen MR) is 83.7 cm³/mol. The molecule has 0 unspecified atom stereocenters. The molecule has 2 N–H and O–H groups in total. The fourth-order valence-corrected chi connectivity index (χ4v) is 2.27. The van der Waals surface area contributed by atoms with Gasteiger partial charge in [0.05, 0.1) is 7.11 Å². The molecule has 6 heteroatoms. The fourth-order valence-electron chi connectivity index (χ4n) is 2.27. The Balaban J connectivity index is 2.01. The third-order valence-electron chi connectivity index (χ3n) is 3.54. The Morgan fingerprint density at radius 3 is 2.77 bits per heavy atom. The van der Waals surface area contributed by atoms with E-state index in [1.807, 2.05) is 18.2 Å². The van der Waals surface area contributed by atoms with Crippen LogP contribution in [-0.2, 0) is 16.1 Å². The molecule has 0 saturated carbocycles. The van der Waals surface area contributed by atoms with E-state index in [0.717, 1.165) is 16.9 Å². The molecule has 0 fully saturated rings. The largest absolute Gasteiger partial charge is 0.496 e. The van der Waals surface area contributed by atoms with Crippen molar-refractivity contribution in [1.82, 2.24) is 10.7 Å². The van der Waals surface area contributed by atoms with Crippen molar-refractivity contribution in [1.29, 1.82) is 0 Å². The highest BCUT2D eigenvalue weighted by atomic mass is 16.5. The van der Waals surface area contributed by atoms with E-state index in [0.29, 0.717) is 31.0 Å². The summed E-state index contributed by atoms with van der Waals surface area (Å²) in [6, 6.07) is 5.87. The average molecular weight is 303 g/mol. The van der Waals surface area contributed by atoms with Gasteiger partial charge < -0.3 is 10.1 Å². The molecule has 1 aromatic carbocycles. The summed E-state index contributed by atoms with van der Waals surface area (Å²) in [4.78, 5) is 23.0. The van der Waals surface area contributed by atoms with Gasteiger partial charge in [-0.2, -0.15) is 5.10 Å². The highest BCUT2D eigenvalue weighted by molar-refractivity contribution is 6.39. The molecule has 118 valence electrons. The van der Waals surface area contributed by atoms with Crippen molar-refractivity contribution in [3.8, 4) is 5.75 Å². The van der Waals surface area contributed by atoms with Crippen LogP contribution in [-0.4, -0.2) is 24.6 Å². The van der Waals surface area contributed by atoms with Crippen LogP contribution >= 0.6 is 0 Å². The minimum absolute atomic E-state index is 0.159. The molecule has 0 bridgehead atoms.